The number of hydrogen-bond acceptors (Lipinski definition) is 2. The van der Waals surface area contributed by atoms with E-state index in [1.165, 1.54) is 38.8 Å². The van der Waals surface area contributed by atoms with Crippen molar-refractivity contribution >= 4 is 5.78 Å². The van der Waals surface area contributed by atoms with Crippen LogP contribution in [0.2, 0.25) is 0 Å². The largest absolute Gasteiger partial charge is 0.303 e. The molecule has 2 nitrogen and oxygen atoms in total. The van der Waals surface area contributed by atoms with Crippen molar-refractivity contribution < 1.29 is 4.79 Å². The summed E-state index contributed by atoms with van der Waals surface area (Å²) >= 11 is 0. The summed E-state index contributed by atoms with van der Waals surface area (Å²) < 4.78 is 0. The van der Waals surface area contributed by atoms with Crippen molar-refractivity contribution in [2.24, 2.45) is 0 Å². The second-order valence-corrected chi connectivity index (χ2v) is 4.54. The predicted octanol–water partition coefficient (Wildman–Crippen LogP) is 3.65. The maximum Gasteiger partial charge on any atom is 0.132 e. The van der Waals surface area contributed by atoms with E-state index in [0.717, 1.165) is 19.4 Å². The molecule has 0 aliphatic heterocycles. The summed E-state index contributed by atoms with van der Waals surface area (Å²) in [6.45, 7) is 9.94. The molecule has 16 heavy (non-hydrogen) atoms. The van der Waals surface area contributed by atoms with Crippen LogP contribution in [0.4, 0.5) is 0 Å². The van der Waals surface area contributed by atoms with Crippen molar-refractivity contribution in [3.63, 3.8) is 0 Å². The topological polar surface area (TPSA) is 20.3 Å². The Morgan fingerprint density at radius 2 is 1.38 bits per heavy atom. The Hall–Kier alpha value is -0.370. The van der Waals surface area contributed by atoms with Crippen molar-refractivity contribution in [3.05, 3.63) is 0 Å². The highest BCUT2D eigenvalue weighted by molar-refractivity contribution is 5.77. The van der Waals surface area contributed by atoms with Gasteiger partial charge < -0.3 is 4.90 Å². The van der Waals surface area contributed by atoms with E-state index in [4.69, 9.17) is 0 Å². The number of Topliss-reactive ketones (excluding diaryl/α,β-unsaturated/α-hetero) is 1. The standard InChI is InChI=1S/C14H29NO/c1-4-7-11-15(12-8-5-2)13-9-10-14(16)6-3/h4-13H2,1-3H3. The molecule has 0 atom stereocenters. The zero-order valence-electron chi connectivity index (χ0n) is 11.4. The second kappa shape index (κ2) is 11.1. The third kappa shape index (κ3) is 8.90. The summed E-state index contributed by atoms with van der Waals surface area (Å²) in [6, 6.07) is 0. The molecule has 0 N–H and O–H groups in total. The van der Waals surface area contributed by atoms with Gasteiger partial charge in [-0.1, -0.05) is 33.6 Å². The van der Waals surface area contributed by atoms with E-state index >= 15 is 0 Å². The lowest BCUT2D eigenvalue weighted by Gasteiger charge is -2.21. The Kier molecular flexibility index (Phi) is 10.9. The minimum atomic E-state index is 0.408. The number of rotatable bonds is 11. The van der Waals surface area contributed by atoms with Crippen molar-refractivity contribution in [2.75, 3.05) is 19.6 Å². The van der Waals surface area contributed by atoms with Crippen LogP contribution in [-0.4, -0.2) is 30.3 Å². The summed E-state index contributed by atoms with van der Waals surface area (Å²) in [5.74, 6) is 0.408. The molecule has 0 amide bonds. The average Bonchev–Trinajstić information content (AvgIpc) is 2.31. The molecule has 0 heterocycles. The number of carbonyl (C=O) groups is 1. The Morgan fingerprint density at radius 1 is 0.875 bits per heavy atom. The highest BCUT2D eigenvalue weighted by atomic mass is 16.1. The van der Waals surface area contributed by atoms with E-state index < -0.39 is 0 Å². The Balaban J connectivity index is 3.67. The van der Waals surface area contributed by atoms with Crippen LogP contribution in [-0.2, 0) is 4.79 Å². The van der Waals surface area contributed by atoms with Crippen molar-refractivity contribution in [1.82, 2.24) is 4.90 Å². The number of unbranched alkanes of at least 4 members (excludes halogenated alkanes) is 2. The predicted molar refractivity (Wildman–Crippen MR) is 70.8 cm³/mol. The summed E-state index contributed by atoms with van der Waals surface area (Å²) in [7, 11) is 0. The molecule has 0 aromatic heterocycles. The van der Waals surface area contributed by atoms with E-state index in [0.29, 0.717) is 12.2 Å². The first-order valence-electron chi connectivity index (χ1n) is 6.98. The monoisotopic (exact) mass is 227 g/mol. The van der Waals surface area contributed by atoms with Crippen LogP contribution in [0.3, 0.4) is 0 Å². The van der Waals surface area contributed by atoms with Gasteiger partial charge in [-0.3, -0.25) is 4.79 Å². The van der Waals surface area contributed by atoms with Gasteiger partial charge in [-0.25, -0.2) is 0 Å². The molecular weight excluding hydrogens is 198 g/mol. The van der Waals surface area contributed by atoms with Gasteiger partial charge in [-0.2, -0.15) is 0 Å². The number of carbonyl (C=O) groups excluding carboxylic acids is 1. The molecule has 0 aromatic rings. The fraction of sp³-hybridized carbons (Fsp3) is 0.929. The fourth-order valence-corrected chi connectivity index (χ4v) is 1.78. The van der Waals surface area contributed by atoms with E-state index in [9.17, 15) is 4.79 Å². The Labute approximate surface area is 101 Å². The molecule has 0 saturated carbocycles. The van der Waals surface area contributed by atoms with Gasteiger partial charge in [0.2, 0.25) is 0 Å². The molecule has 0 rings (SSSR count). The molecule has 0 saturated heterocycles. The molecule has 0 bridgehead atoms. The van der Waals surface area contributed by atoms with Crippen molar-refractivity contribution in [3.8, 4) is 0 Å². The molecule has 0 spiro atoms. The summed E-state index contributed by atoms with van der Waals surface area (Å²) in [6.07, 6.45) is 7.60. The molecule has 0 radical (unpaired) electrons. The van der Waals surface area contributed by atoms with E-state index in [-0.39, 0.29) is 0 Å². The van der Waals surface area contributed by atoms with Crippen LogP contribution in [0, 0.1) is 0 Å². The maximum atomic E-state index is 11.2. The fourth-order valence-electron chi connectivity index (χ4n) is 1.78. The lowest BCUT2D eigenvalue weighted by molar-refractivity contribution is -0.118. The van der Waals surface area contributed by atoms with E-state index in [2.05, 4.69) is 18.7 Å². The van der Waals surface area contributed by atoms with Crippen molar-refractivity contribution in [1.29, 1.82) is 0 Å². The highest BCUT2D eigenvalue weighted by Crippen LogP contribution is 2.03. The summed E-state index contributed by atoms with van der Waals surface area (Å²) in [4.78, 5) is 13.7. The number of ketones is 1. The van der Waals surface area contributed by atoms with Gasteiger partial charge in [0, 0.05) is 12.8 Å². The zero-order valence-corrected chi connectivity index (χ0v) is 11.4. The minimum Gasteiger partial charge on any atom is -0.303 e. The SMILES string of the molecule is CCCCN(CCCC)CCCC(=O)CC. The quantitative estimate of drug-likeness (QED) is 0.537. The molecule has 96 valence electrons. The van der Waals surface area contributed by atoms with Gasteiger partial charge in [-0.15, -0.1) is 0 Å². The van der Waals surface area contributed by atoms with Gasteiger partial charge in [0.15, 0.2) is 0 Å². The molecule has 0 unspecified atom stereocenters. The van der Waals surface area contributed by atoms with Gasteiger partial charge in [-0.05, 0) is 38.9 Å². The first-order chi connectivity index (χ1) is 7.74. The van der Waals surface area contributed by atoms with Crippen molar-refractivity contribution in [2.45, 2.75) is 65.7 Å². The van der Waals surface area contributed by atoms with E-state index in [1.54, 1.807) is 0 Å². The smallest absolute Gasteiger partial charge is 0.132 e. The zero-order chi connectivity index (χ0) is 12.2. The molecule has 0 fully saturated rings. The highest BCUT2D eigenvalue weighted by Gasteiger charge is 2.05. The Morgan fingerprint density at radius 3 is 1.81 bits per heavy atom. The number of nitrogens with zero attached hydrogens (tertiary/aromatic N) is 1. The number of hydrogen-bond donors (Lipinski definition) is 0. The first-order valence-corrected chi connectivity index (χ1v) is 6.98. The molecular formula is C14H29NO. The van der Waals surface area contributed by atoms with Gasteiger partial charge >= 0.3 is 0 Å². The van der Waals surface area contributed by atoms with Crippen LogP contribution in [0.15, 0.2) is 0 Å². The average molecular weight is 227 g/mol. The lowest BCUT2D eigenvalue weighted by atomic mass is 10.1. The van der Waals surface area contributed by atoms with Crippen LogP contribution in [0.1, 0.15) is 65.7 Å². The lowest BCUT2D eigenvalue weighted by Crippen LogP contribution is -2.27. The molecule has 0 aromatic carbocycles. The third-order valence-corrected chi connectivity index (χ3v) is 2.98. The van der Waals surface area contributed by atoms with Gasteiger partial charge in [0.1, 0.15) is 5.78 Å². The maximum absolute atomic E-state index is 11.2. The van der Waals surface area contributed by atoms with Gasteiger partial charge in [0.25, 0.3) is 0 Å². The van der Waals surface area contributed by atoms with Crippen LogP contribution in [0.25, 0.3) is 0 Å². The van der Waals surface area contributed by atoms with E-state index in [1.807, 2.05) is 6.92 Å². The molecule has 0 aliphatic carbocycles. The summed E-state index contributed by atoms with van der Waals surface area (Å²) in [5.41, 5.74) is 0. The van der Waals surface area contributed by atoms with Crippen LogP contribution in [0.5, 0.6) is 0 Å². The second-order valence-electron chi connectivity index (χ2n) is 4.54. The minimum absolute atomic E-state index is 0.408. The van der Waals surface area contributed by atoms with Crippen LogP contribution >= 0.6 is 0 Å². The first kappa shape index (κ1) is 15.6. The van der Waals surface area contributed by atoms with Crippen LogP contribution < -0.4 is 0 Å². The summed E-state index contributed by atoms with van der Waals surface area (Å²) in [5, 5.41) is 0. The Bertz CT molecular complexity index is 160. The van der Waals surface area contributed by atoms with Gasteiger partial charge in [0.05, 0.1) is 0 Å². The molecule has 2 heteroatoms. The molecule has 0 aliphatic rings. The normalized spacial score (nSPS) is 11.0. The third-order valence-electron chi connectivity index (χ3n) is 2.98.